The second kappa shape index (κ2) is 11.5. The van der Waals surface area contributed by atoms with Crippen molar-refractivity contribution in [3.8, 4) is 0 Å². The van der Waals surface area contributed by atoms with Gasteiger partial charge in [-0.25, -0.2) is 4.98 Å². The fraction of sp³-hybridized carbons (Fsp3) is 0.478. The molecule has 0 atom stereocenters. The molecule has 0 radical (unpaired) electrons. The van der Waals surface area contributed by atoms with Crippen molar-refractivity contribution in [2.45, 2.75) is 6.54 Å². The summed E-state index contributed by atoms with van der Waals surface area (Å²) in [5, 5.41) is 3.55. The van der Waals surface area contributed by atoms with Crippen LogP contribution in [0.4, 0.5) is 11.5 Å². The predicted octanol–water partition coefficient (Wildman–Crippen LogP) is 2.35. The number of hydrogen-bond donors (Lipinski definition) is 1. The van der Waals surface area contributed by atoms with Gasteiger partial charge >= 0.3 is 0 Å². The zero-order chi connectivity index (χ0) is 20.8. The molecule has 7 nitrogen and oxygen atoms in total. The first-order valence-corrected chi connectivity index (χ1v) is 10.9. The first-order valence-electron chi connectivity index (χ1n) is 10.9. The van der Waals surface area contributed by atoms with E-state index in [-0.39, 0.29) is 24.0 Å². The maximum Gasteiger partial charge on any atom is 0.194 e. The number of nitrogens with zero attached hydrogens (tertiary/aromatic N) is 6. The molecule has 0 bridgehead atoms. The average Bonchev–Trinajstić information content (AvgIpc) is 2.81. The summed E-state index contributed by atoms with van der Waals surface area (Å²) in [6.07, 6.45) is 1.92. The summed E-state index contributed by atoms with van der Waals surface area (Å²) < 4.78 is 0. The number of nitrogens with one attached hydrogen (secondary N) is 1. The third-order valence-corrected chi connectivity index (χ3v) is 6.00. The summed E-state index contributed by atoms with van der Waals surface area (Å²) in [6, 6.07) is 14.9. The zero-order valence-corrected chi connectivity index (χ0v) is 20.9. The Kier molecular flexibility index (Phi) is 8.77. The number of piperazine rings is 2. The molecule has 0 amide bonds. The van der Waals surface area contributed by atoms with Crippen molar-refractivity contribution in [1.29, 1.82) is 0 Å². The lowest BCUT2D eigenvalue weighted by atomic mass is 10.2. The van der Waals surface area contributed by atoms with Crippen molar-refractivity contribution in [3.05, 3.63) is 54.2 Å². The molecule has 0 unspecified atom stereocenters. The number of hydrogen-bond acceptors (Lipinski definition) is 5. The van der Waals surface area contributed by atoms with Gasteiger partial charge in [0, 0.05) is 77.8 Å². The van der Waals surface area contributed by atoms with Crippen LogP contribution in [0.3, 0.4) is 0 Å². The third kappa shape index (κ3) is 6.22. The number of guanidine groups is 1. The average molecular weight is 535 g/mol. The van der Waals surface area contributed by atoms with Gasteiger partial charge in [-0.1, -0.05) is 18.2 Å². The summed E-state index contributed by atoms with van der Waals surface area (Å²) >= 11 is 0. The predicted molar refractivity (Wildman–Crippen MR) is 140 cm³/mol. The van der Waals surface area contributed by atoms with Crippen molar-refractivity contribution >= 4 is 41.4 Å². The van der Waals surface area contributed by atoms with E-state index in [4.69, 9.17) is 0 Å². The van der Waals surface area contributed by atoms with Crippen LogP contribution < -0.4 is 15.1 Å². The lowest BCUT2D eigenvalue weighted by Gasteiger charge is -2.37. The van der Waals surface area contributed by atoms with Crippen molar-refractivity contribution in [2.75, 3.05) is 76.3 Å². The largest absolute Gasteiger partial charge is 0.368 e. The van der Waals surface area contributed by atoms with E-state index in [1.165, 1.54) is 11.3 Å². The van der Waals surface area contributed by atoms with E-state index in [0.717, 1.165) is 70.7 Å². The van der Waals surface area contributed by atoms with Crippen molar-refractivity contribution in [1.82, 2.24) is 20.1 Å². The fourth-order valence-corrected chi connectivity index (χ4v) is 4.11. The quantitative estimate of drug-likeness (QED) is 0.369. The highest BCUT2D eigenvalue weighted by Gasteiger charge is 2.20. The number of aromatic nitrogens is 1. The summed E-state index contributed by atoms with van der Waals surface area (Å²) in [5.41, 5.74) is 2.54. The second-order valence-electron chi connectivity index (χ2n) is 8.02. The number of pyridine rings is 1. The molecule has 2 aliphatic heterocycles. The van der Waals surface area contributed by atoms with Crippen LogP contribution in [0, 0.1) is 0 Å². The first-order chi connectivity index (χ1) is 14.7. The number of likely N-dealkylation sites (N-methyl/N-ethyl adjacent to an activating group) is 1. The van der Waals surface area contributed by atoms with E-state index < -0.39 is 0 Å². The van der Waals surface area contributed by atoms with E-state index in [0.29, 0.717) is 0 Å². The molecular weight excluding hydrogens is 501 g/mol. The summed E-state index contributed by atoms with van der Waals surface area (Å²) in [5.74, 6) is 2.05. The molecule has 1 aromatic carbocycles. The summed E-state index contributed by atoms with van der Waals surface area (Å²) in [4.78, 5) is 18.7. The molecule has 8 heteroatoms. The first kappa shape index (κ1) is 23.6. The Labute approximate surface area is 203 Å². The van der Waals surface area contributed by atoms with Crippen LogP contribution in [-0.4, -0.2) is 87.2 Å². The van der Waals surface area contributed by atoms with E-state index >= 15 is 0 Å². The van der Waals surface area contributed by atoms with E-state index in [9.17, 15) is 0 Å². The minimum atomic E-state index is 0. The molecule has 0 aliphatic carbocycles. The smallest absolute Gasteiger partial charge is 0.194 e. The Morgan fingerprint density at radius 2 is 1.61 bits per heavy atom. The normalized spacial score (nSPS) is 18.0. The monoisotopic (exact) mass is 535 g/mol. The molecule has 2 fully saturated rings. The summed E-state index contributed by atoms with van der Waals surface area (Å²) in [7, 11) is 4.05. The van der Waals surface area contributed by atoms with Gasteiger partial charge in [-0.2, -0.15) is 0 Å². The Morgan fingerprint density at radius 1 is 0.935 bits per heavy atom. The summed E-state index contributed by atoms with van der Waals surface area (Å²) in [6.45, 7) is 8.96. The van der Waals surface area contributed by atoms with Gasteiger partial charge in [0.05, 0.1) is 0 Å². The van der Waals surface area contributed by atoms with Crippen LogP contribution in [0.15, 0.2) is 53.7 Å². The number of para-hydroxylation sites is 1. The maximum absolute atomic E-state index is 4.60. The second-order valence-corrected chi connectivity index (χ2v) is 8.02. The highest BCUT2D eigenvalue weighted by atomic mass is 127. The van der Waals surface area contributed by atoms with Gasteiger partial charge in [-0.3, -0.25) is 4.99 Å². The Bertz CT molecular complexity index is 829. The van der Waals surface area contributed by atoms with Gasteiger partial charge < -0.3 is 24.9 Å². The van der Waals surface area contributed by atoms with Crippen molar-refractivity contribution in [2.24, 2.45) is 4.99 Å². The van der Waals surface area contributed by atoms with Gasteiger partial charge in [-0.05, 0) is 36.9 Å². The van der Waals surface area contributed by atoms with Crippen LogP contribution in [0.25, 0.3) is 0 Å². The minimum absolute atomic E-state index is 0. The Morgan fingerprint density at radius 3 is 2.29 bits per heavy atom. The molecular formula is C23H34IN7. The van der Waals surface area contributed by atoms with Gasteiger partial charge in [0.25, 0.3) is 0 Å². The van der Waals surface area contributed by atoms with E-state index in [1.54, 1.807) is 0 Å². The molecule has 4 rings (SSSR count). The number of benzene rings is 1. The molecule has 2 saturated heterocycles. The third-order valence-electron chi connectivity index (χ3n) is 6.00. The molecule has 2 aliphatic rings. The molecule has 31 heavy (non-hydrogen) atoms. The molecule has 1 N–H and O–H groups in total. The van der Waals surface area contributed by atoms with Crippen molar-refractivity contribution < 1.29 is 0 Å². The van der Waals surface area contributed by atoms with Crippen molar-refractivity contribution in [3.63, 3.8) is 0 Å². The van der Waals surface area contributed by atoms with Crippen LogP contribution in [0.5, 0.6) is 0 Å². The topological polar surface area (TPSA) is 50.2 Å². The lowest BCUT2D eigenvalue weighted by Crippen LogP contribution is -2.52. The Balaban J connectivity index is 0.00000272. The highest BCUT2D eigenvalue weighted by Crippen LogP contribution is 2.17. The number of halogens is 1. The number of rotatable bonds is 4. The van der Waals surface area contributed by atoms with Crippen LogP contribution in [0.2, 0.25) is 0 Å². The van der Waals surface area contributed by atoms with Crippen LogP contribution >= 0.6 is 24.0 Å². The van der Waals surface area contributed by atoms with Gasteiger partial charge in [0.15, 0.2) is 5.96 Å². The fourth-order valence-electron chi connectivity index (χ4n) is 4.11. The molecule has 2 aromatic rings. The van der Waals surface area contributed by atoms with Crippen LogP contribution in [0.1, 0.15) is 5.56 Å². The zero-order valence-electron chi connectivity index (χ0n) is 18.6. The SMILES string of the molecule is CN=C(NCc1ccnc(N2CCN(C)CC2)c1)N1CCN(c2ccccc2)CC1.I. The van der Waals surface area contributed by atoms with Gasteiger partial charge in [0.2, 0.25) is 0 Å². The van der Waals surface area contributed by atoms with Gasteiger partial charge in [-0.15, -0.1) is 24.0 Å². The van der Waals surface area contributed by atoms with Gasteiger partial charge in [0.1, 0.15) is 5.82 Å². The number of aliphatic imine (C=N–C) groups is 1. The maximum atomic E-state index is 4.60. The molecule has 0 saturated carbocycles. The molecule has 3 heterocycles. The Hall–Kier alpha value is -2.07. The molecule has 0 spiro atoms. The van der Waals surface area contributed by atoms with Crippen LogP contribution in [-0.2, 0) is 6.54 Å². The van der Waals surface area contributed by atoms with E-state index in [2.05, 4.69) is 84.4 Å². The minimum Gasteiger partial charge on any atom is -0.368 e. The van der Waals surface area contributed by atoms with E-state index in [1.807, 2.05) is 13.2 Å². The lowest BCUT2D eigenvalue weighted by molar-refractivity contribution is 0.312. The molecule has 168 valence electrons. The molecule has 1 aromatic heterocycles. The standard InChI is InChI=1S/C23H33N7.HI/c1-24-23(30-16-14-28(15-17-30)21-6-4-3-5-7-21)26-19-20-8-9-25-22(18-20)29-12-10-27(2)11-13-29;/h3-9,18H,10-17,19H2,1-2H3,(H,24,26);1H. The highest BCUT2D eigenvalue weighted by molar-refractivity contribution is 14.0. The number of anilines is 2.